The minimum atomic E-state index is -0.597. The fourth-order valence-corrected chi connectivity index (χ4v) is 5.06. The first-order chi connectivity index (χ1) is 24.0. The van der Waals surface area contributed by atoms with Crippen LogP contribution in [0.2, 0.25) is 0 Å². The molecule has 2 aromatic carbocycles. The average molecular weight is 681 g/mol. The van der Waals surface area contributed by atoms with Crippen LogP contribution in [-0.2, 0) is 19.1 Å². The molecule has 50 heavy (non-hydrogen) atoms. The van der Waals surface area contributed by atoms with Gasteiger partial charge in [-0.2, -0.15) is 5.10 Å². The molecule has 2 aliphatic carbocycles. The molecule has 0 spiro atoms. The number of nitrogens with one attached hydrogen (secondary N) is 3. The number of aryl methyl sites for hydroxylation is 2. The number of hydrogen-bond acceptors (Lipinski definition) is 10. The second-order valence-corrected chi connectivity index (χ2v) is 13.0. The van der Waals surface area contributed by atoms with Crippen molar-refractivity contribution in [3.8, 4) is 35.1 Å². The average Bonchev–Trinajstić information content (AvgIpc) is 3.73. The van der Waals surface area contributed by atoms with Crippen LogP contribution in [0, 0.1) is 26.2 Å². The molecular formula is C38H48N8O4. The second kappa shape index (κ2) is 18.4. The molecule has 0 aliphatic heterocycles. The molecule has 2 saturated carbocycles. The van der Waals surface area contributed by atoms with Gasteiger partial charge in [0.25, 0.3) is 0 Å². The lowest BCUT2D eigenvalue weighted by Crippen LogP contribution is -2.26. The van der Waals surface area contributed by atoms with E-state index < -0.39 is 11.9 Å². The third-order valence-corrected chi connectivity index (χ3v) is 7.74. The van der Waals surface area contributed by atoms with E-state index in [0.717, 1.165) is 28.2 Å². The summed E-state index contributed by atoms with van der Waals surface area (Å²) in [5.74, 6) is 2.30. The Morgan fingerprint density at radius 1 is 0.880 bits per heavy atom. The smallest absolute Gasteiger partial charge is 0.384 e. The van der Waals surface area contributed by atoms with E-state index in [1.807, 2.05) is 19.8 Å². The third kappa shape index (κ3) is 12.2. The second-order valence-electron chi connectivity index (χ2n) is 13.0. The van der Waals surface area contributed by atoms with Gasteiger partial charge in [0.05, 0.1) is 12.2 Å². The molecule has 264 valence electrons. The highest BCUT2D eigenvalue weighted by Gasteiger charge is 2.18. The highest BCUT2D eigenvalue weighted by molar-refractivity contribution is 5.87. The largest absolute Gasteiger partial charge is 0.460 e. The number of rotatable bonds is 10. The summed E-state index contributed by atoms with van der Waals surface area (Å²) in [5.41, 5.74) is 6.73. The fraction of sp³-hybridized carbons (Fsp3) is 0.421. The number of carbonyl (C=O) groups excluding carboxylic acids is 2. The van der Waals surface area contributed by atoms with E-state index in [-0.39, 0.29) is 12.2 Å². The summed E-state index contributed by atoms with van der Waals surface area (Å²) in [5, 5.41) is 18.3. The number of H-pyrrole nitrogens is 1. The van der Waals surface area contributed by atoms with E-state index in [1.165, 1.54) is 66.9 Å². The fourth-order valence-electron chi connectivity index (χ4n) is 5.06. The van der Waals surface area contributed by atoms with Crippen molar-refractivity contribution < 1.29 is 19.1 Å². The Bertz CT molecular complexity index is 1760. The van der Waals surface area contributed by atoms with Gasteiger partial charge in [0.1, 0.15) is 12.7 Å². The monoisotopic (exact) mass is 680 g/mol. The van der Waals surface area contributed by atoms with Gasteiger partial charge in [-0.3, -0.25) is 5.10 Å². The number of hydrogen-bond donors (Lipinski definition) is 3. The molecular weight excluding hydrogens is 632 g/mol. The SMILES string of the molecule is C#CC(=O)OC(C)C.Cc1cc(NC2CCC2)cc(-c2ncn(/C=C\C(=O)OC(C)C)n2)c1.Cc1cc(NC2CCC2)cc(-c2ncn[nH]2)c1. The van der Waals surface area contributed by atoms with Crippen molar-refractivity contribution >= 4 is 29.5 Å². The first-order valence-corrected chi connectivity index (χ1v) is 17.1. The Balaban J connectivity index is 0.000000193. The van der Waals surface area contributed by atoms with Gasteiger partial charge in [0.15, 0.2) is 11.6 Å². The molecule has 0 radical (unpaired) electrons. The van der Waals surface area contributed by atoms with Crippen molar-refractivity contribution in [2.24, 2.45) is 0 Å². The maximum Gasteiger partial charge on any atom is 0.384 e. The summed E-state index contributed by atoms with van der Waals surface area (Å²) in [6.45, 7) is 11.3. The number of ether oxygens (including phenoxy) is 2. The first kappa shape index (κ1) is 37.4. The lowest BCUT2D eigenvalue weighted by molar-refractivity contribution is -0.141. The zero-order valence-electron chi connectivity index (χ0n) is 29.8. The summed E-state index contributed by atoms with van der Waals surface area (Å²) in [6, 6.07) is 13.9. The van der Waals surface area contributed by atoms with Crippen LogP contribution in [0.1, 0.15) is 77.3 Å². The Kier molecular flexibility index (Phi) is 13.7. The maximum atomic E-state index is 11.6. The highest BCUT2D eigenvalue weighted by Crippen LogP contribution is 2.28. The van der Waals surface area contributed by atoms with Gasteiger partial charge in [-0.25, -0.2) is 24.2 Å². The Morgan fingerprint density at radius 3 is 1.94 bits per heavy atom. The molecule has 0 amide bonds. The van der Waals surface area contributed by atoms with Crippen molar-refractivity contribution in [3.63, 3.8) is 0 Å². The van der Waals surface area contributed by atoms with Crippen molar-refractivity contribution in [1.29, 1.82) is 0 Å². The molecule has 3 N–H and O–H groups in total. The molecule has 4 aromatic rings. The van der Waals surface area contributed by atoms with Gasteiger partial charge in [-0.15, -0.1) is 11.5 Å². The molecule has 12 nitrogen and oxygen atoms in total. The van der Waals surface area contributed by atoms with Crippen molar-refractivity contribution in [2.45, 2.75) is 104 Å². The predicted octanol–water partition coefficient (Wildman–Crippen LogP) is 6.96. The molecule has 0 saturated heterocycles. The van der Waals surface area contributed by atoms with Crippen LogP contribution in [0.15, 0.2) is 55.1 Å². The molecule has 2 aromatic heterocycles. The summed E-state index contributed by atoms with van der Waals surface area (Å²) >= 11 is 0. The van der Waals surface area contributed by atoms with Gasteiger partial charge in [-0.1, -0.05) is 0 Å². The van der Waals surface area contributed by atoms with Gasteiger partial charge >= 0.3 is 11.9 Å². The summed E-state index contributed by atoms with van der Waals surface area (Å²) < 4.78 is 11.1. The minimum absolute atomic E-state index is 0.112. The Hall–Kier alpha value is -5.44. The Labute approximate surface area is 294 Å². The van der Waals surface area contributed by atoms with E-state index in [4.69, 9.17) is 11.2 Å². The topological polar surface area (TPSA) is 149 Å². The summed E-state index contributed by atoms with van der Waals surface area (Å²) in [4.78, 5) is 30.2. The number of anilines is 2. The predicted molar refractivity (Wildman–Crippen MR) is 196 cm³/mol. The van der Waals surface area contributed by atoms with Crippen LogP contribution < -0.4 is 10.6 Å². The number of aromatic amines is 1. The molecule has 6 rings (SSSR count). The van der Waals surface area contributed by atoms with Crippen molar-refractivity contribution in [2.75, 3.05) is 10.6 Å². The number of aromatic nitrogens is 6. The van der Waals surface area contributed by atoms with E-state index >= 15 is 0 Å². The van der Waals surface area contributed by atoms with Crippen LogP contribution in [0.25, 0.3) is 29.0 Å². The lowest BCUT2D eigenvalue weighted by atomic mass is 9.93. The number of benzene rings is 2. The van der Waals surface area contributed by atoms with Gasteiger partial charge in [0, 0.05) is 52.8 Å². The van der Waals surface area contributed by atoms with Crippen LogP contribution in [-0.4, -0.2) is 66.2 Å². The van der Waals surface area contributed by atoms with Crippen LogP contribution in [0.4, 0.5) is 11.4 Å². The van der Waals surface area contributed by atoms with Crippen molar-refractivity contribution in [3.05, 3.63) is 66.3 Å². The first-order valence-electron chi connectivity index (χ1n) is 17.1. The van der Waals surface area contributed by atoms with Gasteiger partial charge in [-0.05, 0) is 128 Å². The maximum absolute atomic E-state index is 11.6. The normalized spacial score (nSPS) is 14.0. The van der Waals surface area contributed by atoms with Crippen LogP contribution in [0.5, 0.6) is 0 Å². The molecule has 2 heterocycles. The Morgan fingerprint density at radius 2 is 1.46 bits per heavy atom. The van der Waals surface area contributed by atoms with E-state index in [2.05, 4.69) is 90.9 Å². The number of terminal acetylenes is 1. The molecule has 0 unspecified atom stereocenters. The quantitative estimate of drug-likeness (QED) is 0.0695. The van der Waals surface area contributed by atoms with Crippen molar-refractivity contribution in [1.82, 2.24) is 29.9 Å². The highest BCUT2D eigenvalue weighted by atomic mass is 16.5. The minimum Gasteiger partial charge on any atom is -0.460 e. The zero-order chi connectivity index (χ0) is 36.0. The van der Waals surface area contributed by atoms with E-state index in [1.54, 1.807) is 26.4 Å². The standard InChI is InChI=1S/C19H24N4O2.C13H16N4.C6H8O2/c1-13(2)25-18(24)7-8-23-12-20-19(22-23)15-9-14(3)10-17(11-15)21-16-5-4-6-16;1-9-5-10(13-14-8-15-17-13)7-12(6-9)16-11-3-2-4-11;1-4-6(7)8-5(2)3/h7-13,16,21H,4-6H2,1-3H3;5-8,11,16H,2-4H2,1H3,(H,14,15,17);1,5H,2-3H3/b8-7-;;. The number of esters is 2. The van der Waals surface area contributed by atoms with Crippen LogP contribution in [0.3, 0.4) is 0 Å². The van der Waals surface area contributed by atoms with E-state index in [9.17, 15) is 9.59 Å². The molecule has 12 heteroatoms. The third-order valence-electron chi connectivity index (χ3n) is 7.74. The summed E-state index contributed by atoms with van der Waals surface area (Å²) in [6.07, 6.45) is 18.1. The van der Waals surface area contributed by atoms with Crippen LogP contribution >= 0.6 is 0 Å². The van der Waals surface area contributed by atoms with Gasteiger partial charge in [0.2, 0.25) is 0 Å². The molecule has 0 atom stereocenters. The molecule has 2 aliphatic rings. The lowest BCUT2D eigenvalue weighted by Gasteiger charge is -2.27. The summed E-state index contributed by atoms with van der Waals surface area (Å²) in [7, 11) is 0. The van der Waals surface area contributed by atoms with E-state index in [0.29, 0.717) is 17.9 Å². The number of carbonyl (C=O) groups is 2. The molecule has 2 fully saturated rings. The zero-order valence-corrected chi connectivity index (χ0v) is 29.8. The molecule has 0 bridgehead atoms. The van der Waals surface area contributed by atoms with Gasteiger partial charge < -0.3 is 20.1 Å². The number of nitrogens with zero attached hydrogens (tertiary/aromatic N) is 5.